The van der Waals surface area contributed by atoms with Crippen LogP contribution in [0.3, 0.4) is 0 Å². The van der Waals surface area contributed by atoms with Crippen molar-refractivity contribution >= 4 is 11.6 Å². The van der Waals surface area contributed by atoms with Crippen molar-refractivity contribution in [2.24, 2.45) is 0 Å². The third kappa shape index (κ3) is 3.78. The summed E-state index contributed by atoms with van der Waals surface area (Å²) in [6, 6.07) is 4.75. The van der Waals surface area contributed by atoms with Crippen LogP contribution in [0, 0.1) is 5.82 Å². The fourth-order valence-electron chi connectivity index (χ4n) is 1.48. The van der Waals surface area contributed by atoms with Crippen molar-refractivity contribution in [1.82, 2.24) is 4.90 Å². The van der Waals surface area contributed by atoms with Crippen molar-refractivity contribution in [2.45, 2.75) is 19.6 Å². The summed E-state index contributed by atoms with van der Waals surface area (Å²) in [7, 11) is 1.86. The van der Waals surface area contributed by atoms with Gasteiger partial charge in [0.25, 0.3) is 0 Å². The van der Waals surface area contributed by atoms with E-state index in [0.717, 1.165) is 5.56 Å². The fraction of sp³-hybridized carbons (Fsp3) is 0.455. The third-order valence-corrected chi connectivity index (χ3v) is 2.47. The first-order valence-electron chi connectivity index (χ1n) is 4.80. The predicted molar refractivity (Wildman–Crippen MR) is 59.4 cm³/mol. The molecule has 0 aliphatic rings. The first-order chi connectivity index (χ1) is 7.00. The molecule has 1 atom stereocenters. The number of aliphatic hydroxyl groups is 1. The lowest BCUT2D eigenvalue weighted by Crippen LogP contribution is -2.26. The van der Waals surface area contributed by atoms with E-state index < -0.39 is 11.9 Å². The molecule has 15 heavy (non-hydrogen) atoms. The zero-order valence-electron chi connectivity index (χ0n) is 8.87. The van der Waals surface area contributed by atoms with Gasteiger partial charge in [-0.2, -0.15) is 0 Å². The number of benzene rings is 1. The van der Waals surface area contributed by atoms with Gasteiger partial charge in [-0.3, -0.25) is 4.90 Å². The van der Waals surface area contributed by atoms with E-state index in [4.69, 9.17) is 11.6 Å². The smallest absolute Gasteiger partial charge is 0.142 e. The highest BCUT2D eigenvalue weighted by atomic mass is 35.5. The van der Waals surface area contributed by atoms with E-state index in [0.29, 0.717) is 13.1 Å². The largest absolute Gasteiger partial charge is 0.392 e. The van der Waals surface area contributed by atoms with Gasteiger partial charge in [0.05, 0.1) is 11.1 Å². The molecule has 84 valence electrons. The molecule has 0 amide bonds. The number of aliphatic hydroxyl groups excluding tert-OH is 1. The Morgan fingerprint density at radius 2 is 2.20 bits per heavy atom. The predicted octanol–water partition coefficient (Wildman–Crippen LogP) is 2.29. The number of likely N-dealkylation sites (N-methyl/N-ethyl adjacent to an activating group) is 1. The first kappa shape index (κ1) is 12.4. The lowest BCUT2D eigenvalue weighted by atomic mass is 10.2. The van der Waals surface area contributed by atoms with Gasteiger partial charge in [-0.05, 0) is 25.6 Å². The average molecular weight is 232 g/mol. The molecule has 0 aliphatic heterocycles. The molecule has 1 aromatic rings. The quantitative estimate of drug-likeness (QED) is 0.860. The van der Waals surface area contributed by atoms with E-state index in [1.165, 1.54) is 6.07 Å². The second-order valence-corrected chi connectivity index (χ2v) is 4.14. The number of hydrogen-bond acceptors (Lipinski definition) is 2. The maximum absolute atomic E-state index is 13.1. The highest BCUT2D eigenvalue weighted by molar-refractivity contribution is 6.31. The van der Waals surface area contributed by atoms with Crippen molar-refractivity contribution in [3.8, 4) is 0 Å². The molecular weight excluding hydrogens is 217 g/mol. The molecule has 0 heterocycles. The number of halogens is 2. The van der Waals surface area contributed by atoms with Gasteiger partial charge in [-0.25, -0.2) is 4.39 Å². The SMILES string of the molecule is CC(O)CN(C)Cc1cccc(F)c1Cl. The summed E-state index contributed by atoms with van der Waals surface area (Å²) in [5.74, 6) is -0.403. The summed E-state index contributed by atoms with van der Waals surface area (Å²) < 4.78 is 13.1. The Bertz CT molecular complexity index is 330. The molecule has 1 N–H and O–H groups in total. The van der Waals surface area contributed by atoms with Crippen LogP contribution in [0.5, 0.6) is 0 Å². The number of rotatable bonds is 4. The second-order valence-electron chi connectivity index (χ2n) is 3.76. The van der Waals surface area contributed by atoms with E-state index in [9.17, 15) is 9.50 Å². The minimum Gasteiger partial charge on any atom is -0.392 e. The maximum atomic E-state index is 13.1. The van der Waals surface area contributed by atoms with Gasteiger partial charge >= 0.3 is 0 Å². The Labute approximate surface area is 94.3 Å². The van der Waals surface area contributed by atoms with Crippen molar-refractivity contribution in [1.29, 1.82) is 0 Å². The van der Waals surface area contributed by atoms with E-state index >= 15 is 0 Å². The molecule has 1 aromatic carbocycles. The van der Waals surface area contributed by atoms with E-state index in [-0.39, 0.29) is 5.02 Å². The van der Waals surface area contributed by atoms with Crippen molar-refractivity contribution < 1.29 is 9.50 Å². The van der Waals surface area contributed by atoms with Gasteiger partial charge in [-0.15, -0.1) is 0 Å². The Balaban J connectivity index is 2.68. The van der Waals surface area contributed by atoms with Crippen LogP contribution in [0.25, 0.3) is 0 Å². The zero-order valence-corrected chi connectivity index (χ0v) is 9.63. The minimum absolute atomic E-state index is 0.162. The first-order valence-corrected chi connectivity index (χ1v) is 5.18. The molecular formula is C11H15ClFNO. The standard InChI is InChI=1S/C11H15ClFNO/c1-8(15)6-14(2)7-9-4-3-5-10(13)11(9)12/h3-5,8,15H,6-7H2,1-2H3. The van der Waals surface area contributed by atoms with Gasteiger partial charge in [0.2, 0.25) is 0 Å². The Kier molecular flexibility index (Phi) is 4.51. The normalized spacial score (nSPS) is 13.2. The molecule has 1 unspecified atom stereocenters. The Morgan fingerprint density at radius 1 is 1.53 bits per heavy atom. The summed E-state index contributed by atoms with van der Waals surface area (Å²) in [4.78, 5) is 1.89. The molecule has 0 aliphatic carbocycles. The summed E-state index contributed by atoms with van der Waals surface area (Å²) in [5, 5.41) is 9.34. The monoisotopic (exact) mass is 231 g/mol. The molecule has 0 aromatic heterocycles. The highest BCUT2D eigenvalue weighted by Gasteiger charge is 2.09. The summed E-state index contributed by atoms with van der Waals surface area (Å²) in [6.45, 7) is 2.78. The third-order valence-electron chi connectivity index (χ3n) is 2.05. The van der Waals surface area contributed by atoms with Gasteiger partial charge in [0.1, 0.15) is 5.82 Å². The molecule has 4 heteroatoms. The van der Waals surface area contributed by atoms with Crippen molar-refractivity contribution in [3.05, 3.63) is 34.6 Å². The Hall–Kier alpha value is -0.640. The average Bonchev–Trinajstić information content (AvgIpc) is 2.11. The van der Waals surface area contributed by atoms with E-state index in [1.54, 1.807) is 19.1 Å². The van der Waals surface area contributed by atoms with E-state index in [2.05, 4.69) is 0 Å². The highest BCUT2D eigenvalue weighted by Crippen LogP contribution is 2.20. The van der Waals surface area contributed by atoms with Crippen LogP contribution in [-0.4, -0.2) is 29.7 Å². The fourth-order valence-corrected chi connectivity index (χ4v) is 1.66. The molecule has 0 bridgehead atoms. The second kappa shape index (κ2) is 5.45. The lowest BCUT2D eigenvalue weighted by molar-refractivity contribution is 0.138. The molecule has 2 nitrogen and oxygen atoms in total. The molecule has 0 spiro atoms. The summed E-state index contributed by atoms with van der Waals surface area (Å²) >= 11 is 5.81. The lowest BCUT2D eigenvalue weighted by Gasteiger charge is -2.18. The van der Waals surface area contributed by atoms with E-state index in [1.807, 2.05) is 11.9 Å². The summed E-state index contributed by atoms with van der Waals surface area (Å²) in [6.07, 6.45) is -0.401. The van der Waals surface area contributed by atoms with Gasteiger partial charge in [0, 0.05) is 13.1 Å². The van der Waals surface area contributed by atoms with Crippen molar-refractivity contribution in [2.75, 3.05) is 13.6 Å². The zero-order chi connectivity index (χ0) is 11.4. The van der Waals surface area contributed by atoms with Crippen LogP contribution >= 0.6 is 11.6 Å². The Morgan fingerprint density at radius 3 is 2.80 bits per heavy atom. The minimum atomic E-state index is -0.403. The number of nitrogens with zero attached hydrogens (tertiary/aromatic N) is 1. The van der Waals surface area contributed by atoms with Crippen molar-refractivity contribution in [3.63, 3.8) is 0 Å². The van der Waals surface area contributed by atoms with Crippen LogP contribution in [0.1, 0.15) is 12.5 Å². The summed E-state index contributed by atoms with van der Waals surface area (Å²) in [5.41, 5.74) is 0.736. The maximum Gasteiger partial charge on any atom is 0.142 e. The van der Waals surface area contributed by atoms with Crippen LogP contribution in [0.15, 0.2) is 18.2 Å². The van der Waals surface area contributed by atoms with Gasteiger partial charge < -0.3 is 5.11 Å². The molecule has 0 saturated carbocycles. The molecule has 0 fully saturated rings. The van der Waals surface area contributed by atoms with Gasteiger partial charge in [0.15, 0.2) is 0 Å². The van der Waals surface area contributed by atoms with Crippen LogP contribution in [0.4, 0.5) is 4.39 Å². The topological polar surface area (TPSA) is 23.5 Å². The van der Waals surface area contributed by atoms with Gasteiger partial charge in [-0.1, -0.05) is 23.7 Å². The van der Waals surface area contributed by atoms with Crippen LogP contribution in [-0.2, 0) is 6.54 Å². The molecule has 0 radical (unpaired) electrons. The molecule has 0 saturated heterocycles. The molecule has 1 rings (SSSR count). The van der Waals surface area contributed by atoms with Crippen LogP contribution in [0.2, 0.25) is 5.02 Å². The number of hydrogen-bond donors (Lipinski definition) is 1. The van der Waals surface area contributed by atoms with Crippen LogP contribution < -0.4 is 0 Å².